The summed E-state index contributed by atoms with van der Waals surface area (Å²) in [6.45, 7) is 7.58. The van der Waals surface area contributed by atoms with E-state index in [1.165, 1.54) is 64.2 Å². The molecule has 0 saturated heterocycles. The molecule has 0 saturated carbocycles. The van der Waals surface area contributed by atoms with E-state index in [-0.39, 0.29) is 29.9 Å². The minimum atomic E-state index is -0.820. The van der Waals surface area contributed by atoms with Gasteiger partial charge in [0, 0.05) is 25.3 Å². The summed E-state index contributed by atoms with van der Waals surface area (Å²) in [4.78, 5) is 34.0. The number of carbonyl (C=O) groups excluding carboxylic acids is 2. The van der Waals surface area contributed by atoms with Crippen LogP contribution in [-0.4, -0.2) is 34.6 Å². The zero-order chi connectivity index (χ0) is 25.0. The van der Waals surface area contributed by atoms with Crippen LogP contribution in [0.3, 0.4) is 0 Å². The lowest BCUT2D eigenvalue weighted by molar-refractivity contribution is -0.155. The van der Waals surface area contributed by atoms with E-state index in [1.807, 2.05) is 27.7 Å². The number of carbonyl (C=O) groups is 3. The van der Waals surface area contributed by atoms with E-state index in [2.05, 4.69) is 5.32 Å². The molecule has 1 amide bonds. The van der Waals surface area contributed by atoms with Gasteiger partial charge in [-0.05, 0) is 47.0 Å². The first-order valence-corrected chi connectivity index (χ1v) is 13.3. The molecule has 0 aromatic rings. The van der Waals surface area contributed by atoms with Crippen LogP contribution in [0.4, 0.5) is 0 Å². The normalized spacial score (nSPS) is 12.4. The summed E-state index contributed by atoms with van der Waals surface area (Å²) in [6.07, 6.45) is 18.4. The van der Waals surface area contributed by atoms with Crippen LogP contribution in [0.15, 0.2) is 0 Å². The summed E-state index contributed by atoms with van der Waals surface area (Å²) in [7, 11) is 0. The van der Waals surface area contributed by atoms with Crippen molar-refractivity contribution in [3.8, 4) is 0 Å². The van der Waals surface area contributed by atoms with Crippen LogP contribution < -0.4 is 5.32 Å². The molecule has 33 heavy (non-hydrogen) atoms. The fourth-order valence-corrected chi connectivity index (χ4v) is 3.83. The van der Waals surface area contributed by atoms with Gasteiger partial charge in [0.25, 0.3) is 0 Å². The third-order valence-corrected chi connectivity index (χ3v) is 5.65. The highest BCUT2D eigenvalue weighted by Crippen LogP contribution is 2.15. The van der Waals surface area contributed by atoms with Crippen molar-refractivity contribution in [2.24, 2.45) is 0 Å². The van der Waals surface area contributed by atoms with Gasteiger partial charge in [0.05, 0.1) is 0 Å². The van der Waals surface area contributed by atoms with E-state index in [9.17, 15) is 14.4 Å². The zero-order valence-corrected chi connectivity index (χ0v) is 21.9. The molecule has 6 heteroatoms. The molecule has 0 aliphatic heterocycles. The fourth-order valence-electron chi connectivity index (χ4n) is 3.83. The number of rotatable bonds is 21. The van der Waals surface area contributed by atoms with E-state index in [0.717, 1.165) is 25.7 Å². The Bertz CT molecular complexity index is 527. The summed E-state index contributed by atoms with van der Waals surface area (Å²) in [6, 6.07) is -0.0715. The molecular formula is C27H51NO5. The Morgan fingerprint density at radius 3 is 1.48 bits per heavy atom. The Morgan fingerprint density at radius 1 is 0.697 bits per heavy atom. The largest absolute Gasteiger partial charge is 0.481 e. The summed E-state index contributed by atoms with van der Waals surface area (Å²) < 4.78 is 5.32. The standard InChI is InChI=1S/C27H51NO5/c1-23(21-22-25(30)31)28-24(29)19-17-15-13-11-9-7-5-6-8-10-12-14-16-18-20-26(32)33-27(2,3)4/h23H,5-22H2,1-4H3,(H,28,29)(H,30,31). The molecule has 1 unspecified atom stereocenters. The number of esters is 1. The second-order valence-corrected chi connectivity index (χ2v) is 10.4. The second kappa shape index (κ2) is 19.8. The van der Waals surface area contributed by atoms with Gasteiger partial charge in [0.1, 0.15) is 5.60 Å². The molecular weight excluding hydrogens is 418 g/mol. The van der Waals surface area contributed by atoms with Crippen molar-refractivity contribution in [1.82, 2.24) is 5.32 Å². The Kier molecular flexibility index (Phi) is 18.9. The van der Waals surface area contributed by atoms with Crippen molar-refractivity contribution < 1.29 is 24.2 Å². The lowest BCUT2D eigenvalue weighted by Gasteiger charge is -2.19. The molecule has 0 aliphatic rings. The Labute approximate surface area is 202 Å². The van der Waals surface area contributed by atoms with Crippen LogP contribution >= 0.6 is 0 Å². The molecule has 0 aliphatic carbocycles. The van der Waals surface area contributed by atoms with E-state index < -0.39 is 5.97 Å². The minimum absolute atomic E-state index is 0.0379. The second-order valence-electron chi connectivity index (χ2n) is 10.4. The van der Waals surface area contributed by atoms with Crippen molar-refractivity contribution in [3.05, 3.63) is 0 Å². The van der Waals surface area contributed by atoms with E-state index in [0.29, 0.717) is 19.3 Å². The highest BCUT2D eigenvalue weighted by Gasteiger charge is 2.15. The van der Waals surface area contributed by atoms with E-state index >= 15 is 0 Å². The predicted molar refractivity (Wildman–Crippen MR) is 134 cm³/mol. The van der Waals surface area contributed by atoms with Crippen LogP contribution in [0, 0.1) is 0 Å². The maximum atomic E-state index is 11.8. The number of hydrogen-bond acceptors (Lipinski definition) is 4. The average molecular weight is 470 g/mol. The number of carboxylic acid groups (broad SMARTS) is 1. The first-order chi connectivity index (χ1) is 15.6. The Balaban J connectivity index is 3.30. The van der Waals surface area contributed by atoms with Gasteiger partial charge < -0.3 is 15.2 Å². The van der Waals surface area contributed by atoms with Crippen LogP contribution in [0.1, 0.15) is 143 Å². The molecule has 0 rings (SSSR count). The predicted octanol–water partition coefficient (Wildman–Crippen LogP) is 6.94. The number of carboxylic acids is 1. The average Bonchev–Trinajstić information content (AvgIpc) is 2.70. The summed E-state index contributed by atoms with van der Waals surface area (Å²) in [5, 5.41) is 11.5. The molecule has 0 spiro atoms. The third kappa shape index (κ3) is 24.9. The minimum Gasteiger partial charge on any atom is -0.481 e. The maximum Gasteiger partial charge on any atom is 0.306 e. The first kappa shape index (κ1) is 31.4. The van der Waals surface area contributed by atoms with Gasteiger partial charge in [0.2, 0.25) is 5.91 Å². The fraction of sp³-hybridized carbons (Fsp3) is 0.889. The molecule has 0 heterocycles. The molecule has 194 valence electrons. The number of nitrogens with one attached hydrogen (secondary N) is 1. The molecule has 0 aromatic carbocycles. The first-order valence-electron chi connectivity index (χ1n) is 13.3. The maximum absolute atomic E-state index is 11.8. The lowest BCUT2D eigenvalue weighted by atomic mass is 10.0. The number of hydrogen-bond donors (Lipinski definition) is 2. The van der Waals surface area contributed by atoms with Gasteiger partial charge in [-0.2, -0.15) is 0 Å². The molecule has 1 atom stereocenters. The summed E-state index contributed by atoms with van der Waals surface area (Å²) in [5.41, 5.74) is -0.374. The van der Waals surface area contributed by atoms with Crippen LogP contribution in [0.25, 0.3) is 0 Å². The SMILES string of the molecule is CC(CCC(=O)O)NC(=O)CCCCCCCCCCCCCCCCC(=O)OC(C)(C)C. The number of aliphatic carboxylic acids is 1. The molecule has 6 nitrogen and oxygen atoms in total. The van der Waals surface area contributed by atoms with E-state index in [1.54, 1.807) is 0 Å². The third-order valence-electron chi connectivity index (χ3n) is 5.65. The van der Waals surface area contributed by atoms with Crippen molar-refractivity contribution in [3.63, 3.8) is 0 Å². The van der Waals surface area contributed by atoms with Crippen LogP contribution in [0.2, 0.25) is 0 Å². The van der Waals surface area contributed by atoms with Gasteiger partial charge in [-0.25, -0.2) is 0 Å². The highest BCUT2D eigenvalue weighted by molar-refractivity contribution is 5.76. The summed E-state index contributed by atoms with van der Waals surface area (Å²) in [5.74, 6) is -0.858. The molecule has 0 bridgehead atoms. The van der Waals surface area contributed by atoms with Crippen molar-refractivity contribution in [1.29, 1.82) is 0 Å². The zero-order valence-electron chi connectivity index (χ0n) is 21.9. The molecule has 2 N–H and O–H groups in total. The summed E-state index contributed by atoms with van der Waals surface area (Å²) >= 11 is 0. The van der Waals surface area contributed by atoms with E-state index in [4.69, 9.17) is 9.84 Å². The number of ether oxygens (including phenoxy) is 1. The molecule has 0 aromatic heterocycles. The molecule has 0 fully saturated rings. The van der Waals surface area contributed by atoms with Gasteiger partial charge in [-0.15, -0.1) is 0 Å². The van der Waals surface area contributed by atoms with Crippen LogP contribution in [-0.2, 0) is 19.1 Å². The topological polar surface area (TPSA) is 92.7 Å². The molecule has 0 radical (unpaired) electrons. The van der Waals surface area contributed by atoms with Gasteiger partial charge in [-0.3, -0.25) is 14.4 Å². The van der Waals surface area contributed by atoms with Crippen LogP contribution in [0.5, 0.6) is 0 Å². The van der Waals surface area contributed by atoms with Gasteiger partial charge in [0.15, 0.2) is 0 Å². The van der Waals surface area contributed by atoms with Crippen molar-refractivity contribution in [2.75, 3.05) is 0 Å². The smallest absolute Gasteiger partial charge is 0.306 e. The van der Waals surface area contributed by atoms with Crippen molar-refractivity contribution in [2.45, 2.75) is 155 Å². The lowest BCUT2D eigenvalue weighted by Crippen LogP contribution is -2.32. The monoisotopic (exact) mass is 469 g/mol. The highest BCUT2D eigenvalue weighted by atomic mass is 16.6. The Hall–Kier alpha value is -1.59. The number of amides is 1. The number of unbranched alkanes of at least 4 members (excludes halogenated alkanes) is 13. The van der Waals surface area contributed by atoms with Gasteiger partial charge >= 0.3 is 11.9 Å². The van der Waals surface area contributed by atoms with Crippen molar-refractivity contribution >= 4 is 17.8 Å². The van der Waals surface area contributed by atoms with Gasteiger partial charge in [-0.1, -0.05) is 77.0 Å². The Morgan fingerprint density at radius 2 is 1.09 bits per heavy atom. The quantitative estimate of drug-likeness (QED) is 0.140.